The van der Waals surface area contributed by atoms with Crippen LogP contribution in [-0.2, 0) is 14.3 Å². The summed E-state index contributed by atoms with van der Waals surface area (Å²) in [5, 5.41) is 16.5. The molecule has 0 saturated carbocycles. The molecule has 1 aliphatic rings. The fraction of sp³-hybridized carbons (Fsp3) is 0.750. The highest BCUT2D eigenvalue weighted by Gasteiger charge is 2.44. The molecule has 0 aromatic carbocycles. The van der Waals surface area contributed by atoms with Crippen LogP contribution in [0.25, 0.3) is 0 Å². The van der Waals surface area contributed by atoms with Gasteiger partial charge in [0.05, 0.1) is 13.2 Å². The van der Waals surface area contributed by atoms with Crippen molar-refractivity contribution in [2.45, 2.75) is 38.3 Å². The van der Waals surface area contributed by atoms with Crippen LogP contribution < -0.4 is 16.0 Å². The molecule has 0 aromatic rings. The fourth-order valence-electron chi connectivity index (χ4n) is 1.77. The van der Waals surface area contributed by atoms with Crippen LogP contribution in [0, 0.1) is 0 Å². The van der Waals surface area contributed by atoms with Gasteiger partial charge in [0, 0.05) is 18.6 Å². The third-order valence-corrected chi connectivity index (χ3v) is 2.71. The average Bonchev–Trinajstić information content (AvgIpc) is 2.74. The molecular weight excluding hydrogens is 266 g/mol. The largest absolute Gasteiger partial charge is 0.479 e. The van der Waals surface area contributed by atoms with Gasteiger partial charge in [-0.3, -0.25) is 4.79 Å². The quantitative estimate of drug-likeness (QED) is 0.553. The van der Waals surface area contributed by atoms with E-state index in [0.29, 0.717) is 0 Å². The number of hydrogen-bond acceptors (Lipinski definition) is 4. The zero-order valence-corrected chi connectivity index (χ0v) is 11.9. The van der Waals surface area contributed by atoms with Crippen molar-refractivity contribution >= 4 is 17.9 Å². The Labute approximate surface area is 117 Å². The van der Waals surface area contributed by atoms with Crippen LogP contribution in [0.4, 0.5) is 4.79 Å². The number of carbonyl (C=O) groups is 3. The molecule has 1 heterocycles. The third-order valence-electron chi connectivity index (χ3n) is 2.71. The number of amides is 3. The number of carboxylic acid groups (broad SMARTS) is 1. The van der Waals surface area contributed by atoms with Crippen LogP contribution in [-0.4, -0.2) is 53.9 Å². The molecule has 3 amide bonds. The summed E-state index contributed by atoms with van der Waals surface area (Å²) in [4.78, 5) is 34.4. The normalized spacial score (nSPS) is 22.1. The van der Waals surface area contributed by atoms with Crippen molar-refractivity contribution < 1.29 is 24.2 Å². The molecule has 114 valence electrons. The van der Waals surface area contributed by atoms with E-state index in [1.165, 1.54) is 0 Å². The molecule has 0 spiro atoms. The topological polar surface area (TPSA) is 117 Å². The van der Waals surface area contributed by atoms with E-state index in [4.69, 9.17) is 9.84 Å². The Balaban J connectivity index is 2.44. The van der Waals surface area contributed by atoms with Crippen molar-refractivity contribution in [3.05, 3.63) is 0 Å². The van der Waals surface area contributed by atoms with E-state index >= 15 is 0 Å². The third kappa shape index (κ3) is 4.69. The molecule has 4 N–H and O–H groups in total. The van der Waals surface area contributed by atoms with Crippen molar-refractivity contribution in [1.82, 2.24) is 16.0 Å². The van der Waals surface area contributed by atoms with Gasteiger partial charge in [-0.2, -0.15) is 0 Å². The van der Waals surface area contributed by atoms with Crippen molar-refractivity contribution in [3.63, 3.8) is 0 Å². The zero-order valence-electron chi connectivity index (χ0n) is 11.9. The minimum Gasteiger partial charge on any atom is -0.479 e. The van der Waals surface area contributed by atoms with Crippen LogP contribution in [0.1, 0.15) is 27.2 Å². The summed E-state index contributed by atoms with van der Waals surface area (Å²) >= 11 is 0. The molecule has 0 bridgehead atoms. The maximum Gasteiger partial charge on any atom is 0.332 e. The van der Waals surface area contributed by atoms with Crippen LogP contribution in [0.2, 0.25) is 0 Å². The van der Waals surface area contributed by atoms with Gasteiger partial charge in [-0.05, 0) is 20.8 Å². The van der Waals surface area contributed by atoms with Gasteiger partial charge in [-0.25, -0.2) is 9.59 Å². The SMILES string of the molecule is CC(C)(C)NC(=O)CNC(=O)NC1(C(=O)O)CCOC1. The average molecular weight is 287 g/mol. The standard InChI is InChI=1S/C12H21N3O5/c1-11(2,3)14-8(16)6-13-10(19)15-12(9(17)18)4-5-20-7-12/h4-7H2,1-3H3,(H,14,16)(H,17,18)(H2,13,15,19). The van der Waals surface area contributed by atoms with Gasteiger partial charge in [0.15, 0.2) is 5.54 Å². The summed E-state index contributed by atoms with van der Waals surface area (Å²) in [6.45, 7) is 5.43. The van der Waals surface area contributed by atoms with Crippen LogP contribution >= 0.6 is 0 Å². The van der Waals surface area contributed by atoms with E-state index < -0.39 is 23.1 Å². The number of nitrogens with one attached hydrogen (secondary N) is 3. The molecule has 1 saturated heterocycles. The number of carbonyl (C=O) groups excluding carboxylic acids is 2. The van der Waals surface area contributed by atoms with Gasteiger partial charge in [0.2, 0.25) is 5.91 Å². The Bertz CT molecular complexity index is 396. The van der Waals surface area contributed by atoms with Crippen molar-refractivity contribution in [2.75, 3.05) is 19.8 Å². The lowest BCUT2D eigenvalue weighted by atomic mass is 9.99. The van der Waals surface area contributed by atoms with Crippen molar-refractivity contribution in [3.8, 4) is 0 Å². The first-order valence-electron chi connectivity index (χ1n) is 6.33. The van der Waals surface area contributed by atoms with Gasteiger partial charge in [-0.15, -0.1) is 0 Å². The summed E-state index contributed by atoms with van der Waals surface area (Å²) in [6, 6.07) is -0.707. The van der Waals surface area contributed by atoms with Gasteiger partial charge in [-0.1, -0.05) is 0 Å². The Kier molecular flexibility index (Phi) is 4.93. The minimum absolute atomic E-state index is 0.0794. The van der Waals surface area contributed by atoms with Gasteiger partial charge in [0.1, 0.15) is 0 Å². The van der Waals surface area contributed by atoms with E-state index in [0.717, 1.165) is 0 Å². The fourth-order valence-corrected chi connectivity index (χ4v) is 1.77. The lowest BCUT2D eigenvalue weighted by Gasteiger charge is -2.24. The Morgan fingerprint density at radius 1 is 1.30 bits per heavy atom. The van der Waals surface area contributed by atoms with Gasteiger partial charge in [0.25, 0.3) is 0 Å². The van der Waals surface area contributed by atoms with E-state index in [1.54, 1.807) is 0 Å². The van der Waals surface area contributed by atoms with E-state index in [2.05, 4.69) is 16.0 Å². The molecule has 0 aliphatic carbocycles. The summed E-state index contributed by atoms with van der Waals surface area (Å²) in [6.07, 6.45) is 0.198. The summed E-state index contributed by atoms with van der Waals surface area (Å²) < 4.78 is 5.01. The lowest BCUT2D eigenvalue weighted by molar-refractivity contribution is -0.144. The van der Waals surface area contributed by atoms with Crippen molar-refractivity contribution in [1.29, 1.82) is 0 Å². The maximum absolute atomic E-state index is 11.7. The molecule has 8 heteroatoms. The second kappa shape index (κ2) is 6.08. The van der Waals surface area contributed by atoms with Gasteiger partial charge >= 0.3 is 12.0 Å². The second-order valence-corrected chi connectivity index (χ2v) is 5.80. The summed E-state index contributed by atoms with van der Waals surface area (Å²) in [5.41, 5.74) is -1.80. The molecule has 1 rings (SSSR count). The molecule has 1 atom stereocenters. The first-order valence-corrected chi connectivity index (χ1v) is 6.33. The van der Waals surface area contributed by atoms with Crippen LogP contribution in [0.15, 0.2) is 0 Å². The molecule has 1 unspecified atom stereocenters. The molecule has 1 aliphatic heterocycles. The molecule has 0 radical (unpaired) electrons. The zero-order chi connectivity index (χ0) is 15.4. The predicted octanol–water partition coefficient (Wildman–Crippen LogP) is -0.556. The monoisotopic (exact) mass is 287 g/mol. The highest BCUT2D eigenvalue weighted by Crippen LogP contribution is 2.18. The minimum atomic E-state index is -1.41. The van der Waals surface area contributed by atoms with Crippen LogP contribution in [0.3, 0.4) is 0 Å². The lowest BCUT2D eigenvalue weighted by Crippen LogP contribution is -2.58. The van der Waals surface area contributed by atoms with E-state index in [-0.39, 0.29) is 32.1 Å². The molecule has 8 nitrogen and oxygen atoms in total. The Morgan fingerprint density at radius 2 is 1.95 bits per heavy atom. The number of rotatable bonds is 4. The number of hydrogen-bond donors (Lipinski definition) is 4. The predicted molar refractivity (Wildman–Crippen MR) is 70.2 cm³/mol. The van der Waals surface area contributed by atoms with Crippen molar-refractivity contribution in [2.24, 2.45) is 0 Å². The Morgan fingerprint density at radius 3 is 2.40 bits per heavy atom. The van der Waals surface area contributed by atoms with E-state index in [1.807, 2.05) is 20.8 Å². The smallest absolute Gasteiger partial charge is 0.332 e. The molecule has 0 aromatic heterocycles. The number of aliphatic carboxylic acids is 1. The number of urea groups is 1. The highest BCUT2D eigenvalue weighted by molar-refractivity contribution is 5.89. The summed E-state index contributed by atoms with van der Waals surface area (Å²) in [7, 11) is 0. The maximum atomic E-state index is 11.7. The van der Waals surface area contributed by atoms with Crippen LogP contribution in [0.5, 0.6) is 0 Å². The second-order valence-electron chi connectivity index (χ2n) is 5.80. The Hall–Kier alpha value is -1.83. The molecular formula is C12H21N3O5. The number of carboxylic acids is 1. The van der Waals surface area contributed by atoms with E-state index in [9.17, 15) is 14.4 Å². The van der Waals surface area contributed by atoms with Gasteiger partial charge < -0.3 is 25.8 Å². The number of ether oxygens (including phenoxy) is 1. The molecule has 1 fully saturated rings. The molecule has 20 heavy (non-hydrogen) atoms. The highest BCUT2D eigenvalue weighted by atomic mass is 16.5. The first kappa shape index (κ1) is 16.2. The first-order chi connectivity index (χ1) is 9.15. The summed E-state index contributed by atoms with van der Waals surface area (Å²) in [5.74, 6) is -1.50.